The molecule has 0 aliphatic heterocycles. The summed E-state index contributed by atoms with van der Waals surface area (Å²) in [6.45, 7) is 5.30. The summed E-state index contributed by atoms with van der Waals surface area (Å²) >= 11 is 2.37. The van der Waals surface area contributed by atoms with Crippen LogP contribution in [0.3, 0.4) is 0 Å². The van der Waals surface area contributed by atoms with E-state index in [9.17, 15) is 0 Å². The Kier molecular flexibility index (Phi) is 6.22. The van der Waals surface area contributed by atoms with Crippen molar-refractivity contribution in [1.82, 2.24) is 9.97 Å². The average molecular weight is 403 g/mol. The number of ether oxygens (including phenoxy) is 1. The zero-order chi connectivity index (χ0) is 15.3. The molecule has 4 nitrogen and oxygen atoms in total. The number of nitrogens with one attached hydrogen (secondary N) is 1. The third-order valence-corrected chi connectivity index (χ3v) is 5.29. The Morgan fingerprint density at radius 1 is 1.19 bits per heavy atom. The van der Waals surface area contributed by atoms with Gasteiger partial charge in [0.1, 0.15) is 11.4 Å². The number of halogens is 1. The van der Waals surface area contributed by atoms with Crippen LogP contribution in [0.15, 0.2) is 0 Å². The topological polar surface area (TPSA) is 47.0 Å². The number of rotatable bonds is 7. The molecule has 21 heavy (non-hydrogen) atoms. The lowest BCUT2D eigenvalue weighted by molar-refractivity contribution is -0.0163. The molecule has 0 saturated heterocycles. The quantitative estimate of drug-likeness (QED) is 0.691. The van der Waals surface area contributed by atoms with Gasteiger partial charge >= 0.3 is 0 Å². The van der Waals surface area contributed by atoms with Gasteiger partial charge in [-0.25, -0.2) is 9.97 Å². The van der Waals surface area contributed by atoms with Gasteiger partial charge in [-0.15, -0.1) is 0 Å². The normalized spacial score (nSPS) is 17.1. The molecular formula is C16H26IN3O. The lowest BCUT2D eigenvalue weighted by Gasteiger charge is -2.27. The second-order valence-electron chi connectivity index (χ2n) is 5.74. The van der Waals surface area contributed by atoms with E-state index in [0.29, 0.717) is 0 Å². The molecule has 2 rings (SSSR count). The standard InChI is InChI=1S/C16H26IN3O/c1-4-8-12-13(17)14(18-11-5-2)20-15(19-12)16(21-3)9-6-7-10-16/h4-11H2,1-3H3,(H,18,19,20). The molecule has 1 aliphatic carbocycles. The molecule has 1 N–H and O–H groups in total. The number of hydrogen-bond acceptors (Lipinski definition) is 4. The van der Waals surface area contributed by atoms with Crippen molar-refractivity contribution in [2.45, 2.75) is 64.4 Å². The molecule has 0 unspecified atom stereocenters. The molecule has 118 valence electrons. The van der Waals surface area contributed by atoms with Gasteiger partial charge in [0.15, 0.2) is 5.82 Å². The number of nitrogens with zero attached hydrogens (tertiary/aromatic N) is 2. The fraction of sp³-hybridized carbons (Fsp3) is 0.750. The van der Waals surface area contributed by atoms with E-state index in [1.54, 1.807) is 7.11 Å². The summed E-state index contributed by atoms with van der Waals surface area (Å²) in [4.78, 5) is 9.70. The Morgan fingerprint density at radius 2 is 1.90 bits per heavy atom. The van der Waals surface area contributed by atoms with E-state index in [-0.39, 0.29) is 5.60 Å². The van der Waals surface area contributed by atoms with Crippen LogP contribution in [0.1, 0.15) is 63.9 Å². The summed E-state index contributed by atoms with van der Waals surface area (Å²) in [6, 6.07) is 0. The highest BCUT2D eigenvalue weighted by Gasteiger charge is 2.39. The number of methoxy groups -OCH3 is 1. The van der Waals surface area contributed by atoms with Crippen LogP contribution in [-0.2, 0) is 16.8 Å². The first-order valence-corrected chi connectivity index (χ1v) is 9.10. The van der Waals surface area contributed by atoms with Gasteiger partial charge in [0.05, 0.1) is 9.26 Å². The first-order chi connectivity index (χ1) is 10.2. The predicted molar refractivity (Wildman–Crippen MR) is 94.7 cm³/mol. The first kappa shape index (κ1) is 16.9. The smallest absolute Gasteiger partial charge is 0.162 e. The van der Waals surface area contributed by atoms with Crippen LogP contribution in [0.4, 0.5) is 5.82 Å². The maximum absolute atomic E-state index is 5.86. The van der Waals surface area contributed by atoms with E-state index in [4.69, 9.17) is 14.7 Å². The second-order valence-corrected chi connectivity index (χ2v) is 6.82. The van der Waals surface area contributed by atoms with Crippen molar-refractivity contribution < 1.29 is 4.74 Å². The summed E-state index contributed by atoms with van der Waals surface area (Å²) in [6.07, 6.45) is 7.64. The summed E-state index contributed by atoms with van der Waals surface area (Å²) in [7, 11) is 1.80. The molecule has 1 fully saturated rings. The molecule has 0 amide bonds. The number of anilines is 1. The fourth-order valence-electron chi connectivity index (χ4n) is 2.93. The van der Waals surface area contributed by atoms with Gasteiger partial charge in [-0.3, -0.25) is 0 Å². The highest BCUT2D eigenvalue weighted by Crippen LogP contribution is 2.41. The zero-order valence-electron chi connectivity index (χ0n) is 13.3. The van der Waals surface area contributed by atoms with Gasteiger partial charge in [0.2, 0.25) is 0 Å². The van der Waals surface area contributed by atoms with E-state index in [1.165, 1.54) is 12.8 Å². The number of aryl methyl sites for hydroxylation is 1. The minimum Gasteiger partial charge on any atom is -0.370 e. The van der Waals surface area contributed by atoms with E-state index >= 15 is 0 Å². The van der Waals surface area contributed by atoms with E-state index in [2.05, 4.69) is 41.8 Å². The van der Waals surface area contributed by atoms with Gasteiger partial charge in [-0.2, -0.15) is 0 Å². The van der Waals surface area contributed by atoms with E-state index in [0.717, 1.165) is 59.6 Å². The maximum atomic E-state index is 5.86. The van der Waals surface area contributed by atoms with Crippen molar-refractivity contribution in [3.63, 3.8) is 0 Å². The second kappa shape index (κ2) is 7.72. The third kappa shape index (κ3) is 3.67. The SMILES string of the molecule is CCCNc1nc(C2(OC)CCCC2)nc(CCC)c1I. The molecule has 0 atom stereocenters. The highest BCUT2D eigenvalue weighted by atomic mass is 127. The number of aromatic nitrogens is 2. The Labute approximate surface area is 141 Å². The van der Waals surface area contributed by atoms with Crippen LogP contribution in [-0.4, -0.2) is 23.6 Å². The van der Waals surface area contributed by atoms with Crippen LogP contribution in [0.25, 0.3) is 0 Å². The Bertz CT molecular complexity index is 473. The van der Waals surface area contributed by atoms with Crippen LogP contribution < -0.4 is 5.32 Å². The molecule has 1 saturated carbocycles. The molecule has 5 heteroatoms. The van der Waals surface area contributed by atoms with Crippen LogP contribution in [0.2, 0.25) is 0 Å². The summed E-state index contributed by atoms with van der Waals surface area (Å²) in [5.41, 5.74) is 0.889. The van der Waals surface area contributed by atoms with Crippen molar-refractivity contribution in [1.29, 1.82) is 0 Å². The Balaban J connectivity index is 2.42. The molecule has 0 bridgehead atoms. The first-order valence-electron chi connectivity index (χ1n) is 8.02. The Hall–Kier alpha value is -0.430. The minimum atomic E-state index is -0.268. The third-order valence-electron chi connectivity index (χ3n) is 4.16. The van der Waals surface area contributed by atoms with Gasteiger partial charge in [-0.1, -0.05) is 20.3 Å². The molecule has 1 heterocycles. The highest BCUT2D eigenvalue weighted by molar-refractivity contribution is 14.1. The molecule has 1 aromatic rings. The zero-order valence-corrected chi connectivity index (χ0v) is 15.5. The van der Waals surface area contributed by atoms with E-state index in [1.807, 2.05) is 0 Å². The van der Waals surface area contributed by atoms with Crippen LogP contribution >= 0.6 is 22.6 Å². The molecule has 0 aromatic carbocycles. The minimum absolute atomic E-state index is 0.268. The summed E-state index contributed by atoms with van der Waals surface area (Å²) < 4.78 is 7.02. The molecule has 0 spiro atoms. The largest absolute Gasteiger partial charge is 0.370 e. The molecule has 0 radical (unpaired) electrons. The molecular weight excluding hydrogens is 377 g/mol. The predicted octanol–water partition coefficient (Wildman–Crippen LogP) is 4.27. The van der Waals surface area contributed by atoms with E-state index < -0.39 is 0 Å². The van der Waals surface area contributed by atoms with Gasteiger partial charge in [0.25, 0.3) is 0 Å². The summed E-state index contributed by atoms with van der Waals surface area (Å²) in [5, 5.41) is 3.45. The lowest BCUT2D eigenvalue weighted by Crippen LogP contribution is -2.29. The molecule has 1 aromatic heterocycles. The lowest BCUT2D eigenvalue weighted by atomic mass is 10.0. The van der Waals surface area contributed by atoms with Crippen LogP contribution in [0.5, 0.6) is 0 Å². The van der Waals surface area contributed by atoms with Gasteiger partial charge in [-0.05, 0) is 61.1 Å². The summed E-state index contributed by atoms with van der Waals surface area (Å²) in [5.74, 6) is 1.86. The molecule has 1 aliphatic rings. The fourth-order valence-corrected chi connectivity index (χ4v) is 3.63. The van der Waals surface area contributed by atoms with Crippen molar-refractivity contribution in [3.8, 4) is 0 Å². The average Bonchev–Trinajstić information content (AvgIpc) is 2.98. The van der Waals surface area contributed by atoms with Gasteiger partial charge < -0.3 is 10.1 Å². The van der Waals surface area contributed by atoms with Crippen molar-refractivity contribution in [2.75, 3.05) is 19.0 Å². The monoisotopic (exact) mass is 403 g/mol. The van der Waals surface area contributed by atoms with Crippen molar-refractivity contribution >= 4 is 28.4 Å². The van der Waals surface area contributed by atoms with Crippen molar-refractivity contribution in [3.05, 3.63) is 15.1 Å². The van der Waals surface area contributed by atoms with Crippen molar-refractivity contribution in [2.24, 2.45) is 0 Å². The Morgan fingerprint density at radius 3 is 2.48 bits per heavy atom. The van der Waals surface area contributed by atoms with Gasteiger partial charge in [0, 0.05) is 13.7 Å². The maximum Gasteiger partial charge on any atom is 0.162 e. The van der Waals surface area contributed by atoms with Crippen LogP contribution in [0, 0.1) is 3.57 Å². The number of hydrogen-bond donors (Lipinski definition) is 1.